The minimum atomic E-state index is -0.471. The van der Waals surface area contributed by atoms with Gasteiger partial charge in [-0.3, -0.25) is 4.79 Å². The number of likely N-dealkylation sites (tertiary alicyclic amines) is 1. The molecule has 0 radical (unpaired) electrons. The average Bonchev–Trinajstić information content (AvgIpc) is 2.78. The number of nitrogens with zero attached hydrogens (tertiary/aromatic N) is 1. The average molecular weight is 470 g/mol. The Morgan fingerprint density at radius 1 is 1.09 bits per heavy atom. The van der Waals surface area contributed by atoms with Crippen molar-refractivity contribution in [2.75, 3.05) is 18.4 Å². The van der Waals surface area contributed by atoms with Crippen molar-refractivity contribution >= 4 is 17.7 Å². The van der Waals surface area contributed by atoms with Crippen molar-refractivity contribution in [3.05, 3.63) is 65.5 Å². The van der Waals surface area contributed by atoms with Gasteiger partial charge in [-0.05, 0) is 88.8 Å². The Balaban J connectivity index is 1.46. The molecule has 1 saturated heterocycles. The first-order valence-electron chi connectivity index (χ1n) is 12.0. The van der Waals surface area contributed by atoms with Gasteiger partial charge in [0.1, 0.15) is 11.4 Å². The zero-order chi connectivity index (χ0) is 24.7. The first-order chi connectivity index (χ1) is 16.1. The Labute approximate surface area is 201 Å². The fourth-order valence-electron chi connectivity index (χ4n) is 4.14. The van der Waals surface area contributed by atoms with Gasteiger partial charge in [-0.25, -0.2) is 9.18 Å². The molecule has 0 bridgehead atoms. The number of carbonyl (C=O) groups is 2. The van der Waals surface area contributed by atoms with E-state index in [9.17, 15) is 14.0 Å². The largest absolute Gasteiger partial charge is 0.444 e. The molecule has 6 nitrogen and oxygen atoms in total. The Hall–Kier alpha value is -2.93. The Bertz CT molecular complexity index is 964. The summed E-state index contributed by atoms with van der Waals surface area (Å²) in [5, 5.41) is 6.50. The maximum atomic E-state index is 13.1. The summed E-state index contributed by atoms with van der Waals surface area (Å²) in [5.74, 6) is -0.0856. The highest BCUT2D eigenvalue weighted by molar-refractivity contribution is 6.04. The minimum absolute atomic E-state index is 0.226. The molecule has 7 heteroatoms. The molecule has 0 aromatic heterocycles. The third-order valence-corrected chi connectivity index (χ3v) is 5.97. The van der Waals surface area contributed by atoms with Gasteiger partial charge in [0, 0.05) is 36.9 Å². The number of halogens is 1. The predicted octanol–water partition coefficient (Wildman–Crippen LogP) is 5.59. The molecule has 1 atom stereocenters. The summed E-state index contributed by atoms with van der Waals surface area (Å²) in [6.45, 7) is 9.90. The quantitative estimate of drug-likeness (QED) is 0.554. The number of piperidine rings is 1. The Morgan fingerprint density at radius 3 is 2.38 bits per heavy atom. The zero-order valence-electron chi connectivity index (χ0n) is 20.6. The summed E-state index contributed by atoms with van der Waals surface area (Å²) in [5.41, 5.74) is 1.67. The normalized spacial score (nSPS) is 15.6. The van der Waals surface area contributed by atoms with Gasteiger partial charge in [-0.1, -0.05) is 18.2 Å². The van der Waals surface area contributed by atoms with Crippen molar-refractivity contribution in [1.82, 2.24) is 10.2 Å². The SMILES string of the molecule is CC(CC1CCN(C(=O)OC(C)(C)C)CC1)NCc1ccccc1NC(=O)c1ccc(F)cc1. The highest BCUT2D eigenvalue weighted by Crippen LogP contribution is 2.24. The maximum Gasteiger partial charge on any atom is 0.410 e. The van der Waals surface area contributed by atoms with Crippen molar-refractivity contribution < 1.29 is 18.7 Å². The van der Waals surface area contributed by atoms with Crippen molar-refractivity contribution in [1.29, 1.82) is 0 Å². The molecule has 34 heavy (non-hydrogen) atoms. The molecule has 3 rings (SSSR count). The monoisotopic (exact) mass is 469 g/mol. The first-order valence-corrected chi connectivity index (χ1v) is 12.0. The van der Waals surface area contributed by atoms with Gasteiger partial charge in [-0.15, -0.1) is 0 Å². The molecule has 2 amide bonds. The lowest BCUT2D eigenvalue weighted by atomic mass is 9.90. The van der Waals surface area contributed by atoms with Gasteiger partial charge >= 0.3 is 6.09 Å². The molecule has 0 aliphatic carbocycles. The van der Waals surface area contributed by atoms with E-state index in [4.69, 9.17) is 4.74 Å². The Kier molecular flexibility index (Phi) is 8.67. The van der Waals surface area contributed by atoms with E-state index in [1.165, 1.54) is 24.3 Å². The topological polar surface area (TPSA) is 70.7 Å². The number of anilines is 1. The summed E-state index contributed by atoms with van der Waals surface area (Å²) in [6.07, 6.45) is 2.73. The summed E-state index contributed by atoms with van der Waals surface area (Å²) in [4.78, 5) is 26.6. The third kappa shape index (κ3) is 7.83. The number of nitrogens with one attached hydrogen (secondary N) is 2. The molecule has 2 N–H and O–H groups in total. The van der Waals surface area contributed by atoms with E-state index < -0.39 is 5.60 Å². The van der Waals surface area contributed by atoms with Gasteiger partial charge in [0.2, 0.25) is 0 Å². The van der Waals surface area contributed by atoms with Gasteiger partial charge in [0.15, 0.2) is 0 Å². The lowest BCUT2D eigenvalue weighted by molar-refractivity contribution is 0.0178. The summed E-state index contributed by atoms with van der Waals surface area (Å²) in [7, 11) is 0. The molecule has 1 heterocycles. The second-order valence-corrected chi connectivity index (χ2v) is 10.0. The van der Waals surface area contributed by atoms with E-state index in [1.54, 1.807) is 4.90 Å². The van der Waals surface area contributed by atoms with Crippen LogP contribution in [0, 0.1) is 11.7 Å². The molecule has 1 fully saturated rings. The second-order valence-electron chi connectivity index (χ2n) is 10.0. The molecular formula is C27H36FN3O3. The molecule has 2 aromatic carbocycles. The van der Waals surface area contributed by atoms with Crippen LogP contribution < -0.4 is 10.6 Å². The van der Waals surface area contributed by atoms with Crippen LogP contribution in [0.2, 0.25) is 0 Å². The molecule has 184 valence electrons. The van der Waals surface area contributed by atoms with Crippen molar-refractivity contribution in [2.45, 2.75) is 65.1 Å². The molecule has 1 unspecified atom stereocenters. The molecule has 2 aromatic rings. The lowest BCUT2D eigenvalue weighted by Gasteiger charge is -2.34. The van der Waals surface area contributed by atoms with Crippen molar-refractivity contribution in [3.63, 3.8) is 0 Å². The highest BCUT2D eigenvalue weighted by Gasteiger charge is 2.27. The van der Waals surface area contributed by atoms with Crippen LogP contribution in [-0.2, 0) is 11.3 Å². The van der Waals surface area contributed by atoms with Gasteiger partial charge in [-0.2, -0.15) is 0 Å². The zero-order valence-corrected chi connectivity index (χ0v) is 20.6. The maximum absolute atomic E-state index is 13.1. The van der Waals surface area contributed by atoms with E-state index >= 15 is 0 Å². The highest BCUT2D eigenvalue weighted by atomic mass is 19.1. The first kappa shape index (κ1) is 25.7. The number of hydrogen-bond donors (Lipinski definition) is 2. The van der Waals surface area contributed by atoms with Crippen LogP contribution in [0.1, 0.15) is 62.9 Å². The van der Waals surface area contributed by atoms with E-state index in [0.717, 1.165) is 43.6 Å². The number of carbonyl (C=O) groups excluding carboxylic acids is 2. The van der Waals surface area contributed by atoms with Crippen LogP contribution in [0.4, 0.5) is 14.9 Å². The van der Waals surface area contributed by atoms with E-state index in [-0.39, 0.29) is 17.8 Å². The van der Waals surface area contributed by atoms with Gasteiger partial charge < -0.3 is 20.3 Å². The second kappa shape index (κ2) is 11.5. The van der Waals surface area contributed by atoms with Crippen LogP contribution in [0.5, 0.6) is 0 Å². The van der Waals surface area contributed by atoms with Crippen molar-refractivity contribution in [2.24, 2.45) is 5.92 Å². The van der Waals surface area contributed by atoms with Crippen LogP contribution >= 0.6 is 0 Å². The lowest BCUT2D eigenvalue weighted by Crippen LogP contribution is -2.42. The number of hydrogen-bond acceptors (Lipinski definition) is 4. The number of para-hydroxylation sites is 1. The predicted molar refractivity (Wildman–Crippen MR) is 132 cm³/mol. The summed E-state index contributed by atoms with van der Waals surface area (Å²) >= 11 is 0. The summed E-state index contributed by atoms with van der Waals surface area (Å²) in [6, 6.07) is 13.5. The molecule has 1 aliphatic heterocycles. The molecule has 0 spiro atoms. The van der Waals surface area contributed by atoms with E-state index in [0.29, 0.717) is 24.1 Å². The Morgan fingerprint density at radius 2 is 1.74 bits per heavy atom. The van der Waals surface area contributed by atoms with Crippen molar-refractivity contribution in [3.8, 4) is 0 Å². The number of benzene rings is 2. The smallest absolute Gasteiger partial charge is 0.410 e. The molecule has 1 aliphatic rings. The fourth-order valence-corrected chi connectivity index (χ4v) is 4.14. The third-order valence-electron chi connectivity index (χ3n) is 5.97. The fraction of sp³-hybridized carbons (Fsp3) is 0.481. The van der Waals surface area contributed by atoms with Crippen LogP contribution in [0.15, 0.2) is 48.5 Å². The number of ether oxygens (including phenoxy) is 1. The number of amides is 2. The van der Waals surface area contributed by atoms with Gasteiger partial charge in [0.25, 0.3) is 5.91 Å². The molecular weight excluding hydrogens is 433 g/mol. The summed E-state index contributed by atoms with van der Waals surface area (Å²) < 4.78 is 18.6. The van der Waals surface area contributed by atoms with E-state index in [2.05, 4.69) is 17.6 Å². The number of rotatable bonds is 7. The minimum Gasteiger partial charge on any atom is -0.444 e. The van der Waals surface area contributed by atoms with Crippen LogP contribution in [0.25, 0.3) is 0 Å². The standard InChI is InChI=1S/C27H36FN3O3/c1-19(17-20-13-15-31(16-14-20)26(33)34-27(2,3)4)29-18-22-7-5-6-8-24(22)30-25(32)21-9-11-23(28)12-10-21/h5-12,19-20,29H,13-18H2,1-4H3,(H,30,32). The molecule has 0 saturated carbocycles. The van der Waals surface area contributed by atoms with Crippen LogP contribution in [0.3, 0.4) is 0 Å². The van der Waals surface area contributed by atoms with Crippen LogP contribution in [-0.4, -0.2) is 41.6 Å². The van der Waals surface area contributed by atoms with Gasteiger partial charge in [0.05, 0.1) is 0 Å². The van der Waals surface area contributed by atoms with E-state index in [1.807, 2.05) is 45.0 Å².